The molecule has 5 heteroatoms. The monoisotopic (exact) mass is 315 g/mol. The molecule has 122 valence electrons. The number of nitrogens with zero attached hydrogens (tertiary/aromatic N) is 1. The van der Waals surface area contributed by atoms with E-state index < -0.39 is 5.60 Å². The van der Waals surface area contributed by atoms with Crippen LogP contribution < -0.4 is 4.74 Å². The van der Waals surface area contributed by atoms with Gasteiger partial charge in [-0.3, -0.25) is 4.79 Å². The molecule has 1 aliphatic heterocycles. The van der Waals surface area contributed by atoms with Crippen molar-refractivity contribution in [3.8, 4) is 11.7 Å². The first-order valence-electron chi connectivity index (χ1n) is 7.63. The standard InChI is InChI=1S/C18H21NO4/c1-17(2)11-19(12-18(17,3)21)16(20)14-9-10-15(23-14)22-13-7-5-4-6-8-13/h4-10,21H,11-12H2,1-3H3/t18-/m1/s1. The van der Waals surface area contributed by atoms with Gasteiger partial charge in [-0.1, -0.05) is 32.0 Å². The van der Waals surface area contributed by atoms with Crippen molar-refractivity contribution >= 4 is 5.91 Å². The van der Waals surface area contributed by atoms with Crippen molar-refractivity contribution in [2.24, 2.45) is 5.41 Å². The second kappa shape index (κ2) is 5.42. The van der Waals surface area contributed by atoms with E-state index in [1.165, 1.54) is 0 Å². The van der Waals surface area contributed by atoms with Crippen LogP contribution in [0.1, 0.15) is 31.3 Å². The van der Waals surface area contributed by atoms with Gasteiger partial charge in [0.05, 0.1) is 12.1 Å². The van der Waals surface area contributed by atoms with Crippen LogP contribution in [-0.4, -0.2) is 34.6 Å². The van der Waals surface area contributed by atoms with Gasteiger partial charge in [-0.25, -0.2) is 0 Å². The number of ether oxygens (including phenoxy) is 1. The molecule has 0 unspecified atom stereocenters. The number of likely N-dealkylation sites (tertiary alicyclic amines) is 1. The highest BCUT2D eigenvalue weighted by atomic mass is 16.6. The van der Waals surface area contributed by atoms with E-state index in [1.54, 1.807) is 24.0 Å². The highest BCUT2D eigenvalue weighted by Crippen LogP contribution is 2.39. The van der Waals surface area contributed by atoms with Gasteiger partial charge < -0.3 is 19.2 Å². The summed E-state index contributed by atoms with van der Waals surface area (Å²) in [5.74, 6) is 0.888. The highest BCUT2D eigenvalue weighted by molar-refractivity contribution is 5.92. The molecule has 3 rings (SSSR count). The summed E-state index contributed by atoms with van der Waals surface area (Å²) in [6.45, 7) is 6.42. The maximum Gasteiger partial charge on any atom is 0.290 e. The molecule has 2 aromatic rings. The number of β-amino-alcohol motifs (C(OH)–C–C–N with tert-alkyl or cyclic N) is 1. The van der Waals surface area contributed by atoms with E-state index in [4.69, 9.17) is 9.15 Å². The maximum absolute atomic E-state index is 12.6. The summed E-state index contributed by atoms with van der Waals surface area (Å²) in [4.78, 5) is 14.2. The molecule has 2 heterocycles. The number of carbonyl (C=O) groups excluding carboxylic acids is 1. The fourth-order valence-corrected chi connectivity index (χ4v) is 2.68. The quantitative estimate of drug-likeness (QED) is 0.944. The molecule has 1 aromatic heterocycles. The van der Waals surface area contributed by atoms with Gasteiger partial charge in [-0.2, -0.15) is 0 Å². The number of hydrogen-bond acceptors (Lipinski definition) is 4. The molecule has 0 spiro atoms. The minimum atomic E-state index is -0.918. The van der Waals surface area contributed by atoms with Crippen molar-refractivity contribution < 1.29 is 19.1 Å². The molecule has 23 heavy (non-hydrogen) atoms. The lowest BCUT2D eigenvalue weighted by molar-refractivity contribution is -0.0108. The fraction of sp³-hybridized carbons (Fsp3) is 0.389. The van der Waals surface area contributed by atoms with E-state index in [9.17, 15) is 9.90 Å². The minimum absolute atomic E-state index is 0.212. The zero-order valence-electron chi connectivity index (χ0n) is 13.6. The molecule has 1 aliphatic rings. The molecule has 1 aromatic carbocycles. The van der Waals surface area contributed by atoms with Crippen molar-refractivity contribution in [3.63, 3.8) is 0 Å². The number of para-hydroxylation sites is 1. The fourth-order valence-electron chi connectivity index (χ4n) is 2.68. The molecule has 0 bridgehead atoms. The third kappa shape index (κ3) is 2.97. The van der Waals surface area contributed by atoms with Crippen molar-refractivity contribution in [3.05, 3.63) is 48.2 Å². The first kappa shape index (κ1) is 15.6. The summed E-state index contributed by atoms with van der Waals surface area (Å²) in [5, 5.41) is 10.4. The van der Waals surface area contributed by atoms with E-state index in [2.05, 4.69) is 0 Å². The van der Waals surface area contributed by atoms with Crippen LogP contribution in [0.25, 0.3) is 0 Å². The summed E-state index contributed by atoms with van der Waals surface area (Å²) < 4.78 is 11.1. The largest absolute Gasteiger partial charge is 0.426 e. The molecule has 0 saturated carbocycles. The van der Waals surface area contributed by atoms with Crippen molar-refractivity contribution in [1.82, 2.24) is 4.90 Å². The van der Waals surface area contributed by atoms with Crippen LogP contribution in [0.3, 0.4) is 0 Å². The Hall–Kier alpha value is -2.27. The van der Waals surface area contributed by atoms with Gasteiger partial charge >= 0.3 is 0 Å². The molecule has 1 saturated heterocycles. The number of carbonyl (C=O) groups is 1. The van der Waals surface area contributed by atoms with Gasteiger partial charge in [0, 0.05) is 18.0 Å². The number of rotatable bonds is 3. The summed E-state index contributed by atoms with van der Waals surface area (Å²) in [6.07, 6.45) is 0. The number of benzene rings is 1. The second-order valence-corrected chi connectivity index (χ2v) is 6.85. The molecule has 0 aliphatic carbocycles. The third-order valence-corrected chi connectivity index (χ3v) is 4.58. The van der Waals surface area contributed by atoms with Crippen LogP contribution in [-0.2, 0) is 0 Å². The lowest BCUT2D eigenvalue weighted by atomic mass is 9.79. The Morgan fingerprint density at radius 1 is 1.13 bits per heavy atom. The van der Waals surface area contributed by atoms with E-state index in [0.717, 1.165) is 0 Å². The normalized spacial score (nSPS) is 23.0. The van der Waals surface area contributed by atoms with Gasteiger partial charge in [0.25, 0.3) is 11.9 Å². The molecular formula is C18H21NO4. The predicted octanol–water partition coefficient (Wildman–Crippen LogP) is 3.30. The Kier molecular flexibility index (Phi) is 3.68. The molecule has 1 N–H and O–H groups in total. The Morgan fingerprint density at radius 2 is 1.83 bits per heavy atom. The maximum atomic E-state index is 12.6. The third-order valence-electron chi connectivity index (χ3n) is 4.58. The number of hydrogen-bond donors (Lipinski definition) is 1. The van der Waals surface area contributed by atoms with Gasteiger partial charge in [-0.15, -0.1) is 0 Å². The lowest BCUT2D eigenvalue weighted by Gasteiger charge is -2.30. The molecule has 5 nitrogen and oxygen atoms in total. The smallest absolute Gasteiger partial charge is 0.290 e. The molecule has 1 fully saturated rings. The highest BCUT2D eigenvalue weighted by Gasteiger charge is 2.49. The van der Waals surface area contributed by atoms with Crippen molar-refractivity contribution in [2.45, 2.75) is 26.4 Å². The summed E-state index contributed by atoms with van der Waals surface area (Å²) in [5.41, 5.74) is -1.28. The average molecular weight is 315 g/mol. The van der Waals surface area contributed by atoms with E-state index in [0.29, 0.717) is 12.3 Å². The SMILES string of the molecule is CC1(C)CN(C(=O)c2ccc(Oc3ccccc3)o2)C[C@@]1(C)O. The van der Waals surface area contributed by atoms with Crippen LogP contribution in [0, 0.1) is 5.41 Å². The van der Waals surface area contributed by atoms with E-state index in [1.807, 2.05) is 44.2 Å². The first-order chi connectivity index (χ1) is 10.8. The molecule has 0 radical (unpaired) electrons. The number of amides is 1. The zero-order valence-corrected chi connectivity index (χ0v) is 13.6. The van der Waals surface area contributed by atoms with Crippen LogP contribution in [0.5, 0.6) is 11.7 Å². The summed E-state index contributed by atoms with van der Waals surface area (Å²) >= 11 is 0. The van der Waals surface area contributed by atoms with Crippen LogP contribution >= 0.6 is 0 Å². The van der Waals surface area contributed by atoms with Crippen LogP contribution in [0.15, 0.2) is 46.9 Å². The number of aliphatic hydroxyl groups is 1. The minimum Gasteiger partial charge on any atom is -0.426 e. The first-order valence-corrected chi connectivity index (χ1v) is 7.63. The topological polar surface area (TPSA) is 62.9 Å². The Bertz CT molecular complexity index is 687. The molecular weight excluding hydrogens is 294 g/mol. The van der Waals surface area contributed by atoms with Crippen molar-refractivity contribution in [1.29, 1.82) is 0 Å². The Labute approximate surface area is 135 Å². The Balaban J connectivity index is 1.72. The Morgan fingerprint density at radius 3 is 2.43 bits per heavy atom. The van der Waals surface area contributed by atoms with Crippen molar-refractivity contribution in [2.75, 3.05) is 13.1 Å². The van der Waals surface area contributed by atoms with Gasteiger partial charge in [-0.05, 0) is 25.1 Å². The molecule has 1 amide bonds. The van der Waals surface area contributed by atoms with Gasteiger partial charge in [0.1, 0.15) is 5.75 Å². The lowest BCUT2D eigenvalue weighted by Crippen LogP contribution is -2.40. The summed E-state index contributed by atoms with van der Waals surface area (Å²) in [7, 11) is 0. The number of furan rings is 1. The average Bonchev–Trinajstić information content (AvgIpc) is 3.02. The van der Waals surface area contributed by atoms with Crippen LogP contribution in [0.4, 0.5) is 0 Å². The predicted molar refractivity (Wildman–Crippen MR) is 85.5 cm³/mol. The van der Waals surface area contributed by atoms with E-state index >= 15 is 0 Å². The van der Waals surface area contributed by atoms with E-state index in [-0.39, 0.29) is 29.6 Å². The molecule has 1 atom stereocenters. The van der Waals surface area contributed by atoms with Gasteiger partial charge in [0.15, 0.2) is 5.76 Å². The van der Waals surface area contributed by atoms with Gasteiger partial charge in [0.2, 0.25) is 0 Å². The summed E-state index contributed by atoms with van der Waals surface area (Å²) in [6, 6.07) is 12.5. The van der Waals surface area contributed by atoms with Crippen LogP contribution in [0.2, 0.25) is 0 Å². The second-order valence-electron chi connectivity index (χ2n) is 6.85. The zero-order chi connectivity index (χ0) is 16.7.